The van der Waals surface area contributed by atoms with E-state index in [2.05, 4.69) is 29.7 Å². The van der Waals surface area contributed by atoms with Gasteiger partial charge in [0.1, 0.15) is 17.4 Å². The topological polar surface area (TPSA) is 44.1 Å². The Kier molecular flexibility index (Phi) is 3.61. The number of hydrogen-bond acceptors (Lipinski definition) is 3. The van der Waals surface area contributed by atoms with E-state index in [1.54, 1.807) is 0 Å². The Bertz CT molecular complexity index is 947. The molecule has 0 radical (unpaired) electrons. The maximum atomic E-state index is 12.0. The van der Waals surface area contributed by atoms with E-state index in [0.717, 1.165) is 46.6 Å². The summed E-state index contributed by atoms with van der Waals surface area (Å²) < 4.78 is 8.31. The maximum Gasteiger partial charge on any atom is 0.216 e. The summed E-state index contributed by atoms with van der Waals surface area (Å²) in [7, 11) is 1.95. The number of fused-ring (bicyclic) bond motifs is 3. The second-order valence-corrected chi connectivity index (χ2v) is 6.58. The minimum Gasteiger partial charge on any atom is -0.483 e. The largest absolute Gasteiger partial charge is 0.483 e. The highest BCUT2D eigenvalue weighted by atomic mass is 32.1. The number of rotatable bonds is 2. The van der Waals surface area contributed by atoms with Crippen molar-refractivity contribution in [3.63, 3.8) is 0 Å². The predicted molar refractivity (Wildman–Crippen MR) is 96.9 cm³/mol. The lowest BCUT2D eigenvalue weighted by Crippen LogP contribution is -2.17. The standard InChI is InChI=1S/C19H18N2O2S/c1-11-20-17-15(21(11)2)10-14(19(22)24)13-8-9-16(23-18(13)17)12-6-4-3-5-7-12/h3-7,10,16H,8-9H2,1-2H3,(H,22,24)/t16-/m0/s1. The number of aryl methyl sites for hydroxylation is 2. The molecule has 0 fully saturated rings. The van der Waals surface area contributed by atoms with E-state index in [0.29, 0.717) is 5.56 Å². The molecule has 0 bridgehead atoms. The molecule has 0 amide bonds. The van der Waals surface area contributed by atoms with Crippen LogP contribution in [0.5, 0.6) is 5.75 Å². The molecule has 0 saturated heterocycles. The fourth-order valence-electron chi connectivity index (χ4n) is 3.39. The van der Waals surface area contributed by atoms with Gasteiger partial charge in [0.25, 0.3) is 0 Å². The van der Waals surface area contributed by atoms with Gasteiger partial charge in [0, 0.05) is 18.2 Å². The van der Waals surface area contributed by atoms with Crippen molar-refractivity contribution < 1.29 is 9.53 Å². The molecule has 0 N–H and O–H groups in total. The molecule has 122 valence electrons. The Balaban J connectivity index is 1.91. The van der Waals surface area contributed by atoms with Gasteiger partial charge in [0.15, 0.2) is 5.75 Å². The van der Waals surface area contributed by atoms with Crippen LogP contribution in [0.25, 0.3) is 11.0 Å². The number of nitrogens with zero attached hydrogens (tertiary/aromatic N) is 2. The smallest absolute Gasteiger partial charge is 0.216 e. The van der Waals surface area contributed by atoms with Crippen molar-refractivity contribution in [3.8, 4) is 5.75 Å². The third kappa shape index (κ3) is 2.31. The molecule has 2 aromatic carbocycles. The number of ether oxygens (including phenoxy) is 1. The molecular formula is C19H18N2O2S. The molecule has 1 aliphatic rings. The van der Waals surface area contributed by atoms with E-state index < -0.39 is 0 Å². The zero-order valence-corrected chi connectivity index (χ0v) is 14.5. The summed E-state index contributed by atoms with van der Waals surface area (Å²) in [5.74, 6) is 1.62. The molecule has 2 heterocycles. The Labute approximate surface area is 145 Å². The summed E-state index contributed by atoms with van der Waals surface area (Å²) >= 11 is 4.06. The predicted octanol–water partition coefficient (Wildman–Crippen LogP) is 4.02. The molecule has 24 heavy (non-hydrogen) atoms. The van der Waals surface area contributed by atoms with Gasteiger partial charge < -0.3 is 9.30 Å². The van der Waals surface area contributed by atoms with E-state index in [4.69, 9.17) is 4.74 Å². The first-order valence-corrected chi connectivity index (χ1v) is 8.44. The molecule has 3 aromatic rings. The molecule has 0 unspecified atom stereocenters. The van der Waals surface area contributed by atoms with Crippen molar-refractivity contribution >= 4 is 28.8 Å². The van der Waals surface area contributed by atoms with Gasteiger partial charge in [-0.2, -0.15) is 0 Å². The number of aromatic nitrogens is 2. The Hall–Kier alpha value is -2.27. The van der Waals surface area contributed by atoms with Gasteiger partial charge in [-0.1, -0.05) is 30.3 Å². The van der Waals surface area contributed by atoms with Crippen LogP contribution in [0.2, 0.25) is 0 Å². The first-order chi connectivity index (χ1) is 11.6. The Morgan fingerprint density at radius 2 is 2.08 bits per heavy atom. The summed E-state index contributed by atoms with van der Waals surface area (Å²) in [6.45, 7) is 1.95. The van der Waals surface area contributed by atoms with Crippen molar-refractivity contribution in [2.24, 2.45) is 7.05 Å². The molecule has 1 aliphatic heterocycles. The third-order valence-electron chi connectivity index (χ3n) is 4.78. The fraction of sp³-hybridized carbons (Fsp3) is 0.263. The second-order valence-electron chi connectivity index (χ2n) is 6.18. The van der Waals surface area contributed by atoms with Crippen LogP contribution in [-0.4, -0.2) is 14.7 Å². The van der Waals surface area contributed by atoms with Crippen LogP contribution in [0, 0.1) is 6.92 Å². The highest BCUT2D eigenvalue weighted by molar-refractivity contribution is 7.97. The molecule has 4 nitrogen and oxygen atoms in total. The number of hydrogen-bond donors (Lipinski definition) is 1. The summed E-state index contributed by atoms with van der Waals surface area (Å²) in [4.78, 5) is 16.7. The number of carbonyl (C=O) groups is 1. The van der Waals surface area contributed by atoms with E-state index in [1.807, 2.05) is 42.8 Å². The second kappa shape index (κ2) is 5.67. The monoisotopic (exact) mass is 338 g/mol. The minimum atomic E-state index is -0.228. The first-order valence-electron chi connectivity index (χ1n) is 8.00. The van der Waals surface area contributed by atoms with Crippen LogP contribution in [0.3, 0.4) is 0 Å². The van der Waals surface area contributed by atoms with E-state index in [-0.39, 0.29) is 11.2 Å². The summed E-state index contributed by atoms with van der Waals surface area (Å²) in [6, 6.07) is 12.1. The van der Waals surface area contributed by atoms with Crippen molar-refractivity contribution in [1.29, 1.82) is 0 Å². The Morgan fingerprint density at radius 1 is 1.33 bits per heavy atom. The normalized spacial score (nSPS) is 16.7. The first kappa shape index (κ1) is 15.3. The molecule has 0 aliphatic carbocycles. The van der Waals surface area contributed by atoms with E-state index in [1.165, 1.54) is 0 Å². The van der Waals surface area contributed by atoms with Crippen molar-refractivity contribution in [2.45, 2.75) is 25.9 Å². The molecule has 1 aromatic heterocycles. The number of imidazole rings is 1. The van der Waals surface area contributed by atoms with Gasteiger partial charge >= 0.3 is 0 Å². The summed E-state index contributed by atoms with van der Waals surface area (Å²) in [6.07, 6.45) is 1.60. The van der Waals surface area contributed by atoms with Crippen LogP contribution >= 0.6 is 12.6 Å². The number of benzene rings is 2. The van der Waals surface area contributed by atoms with Crippen molar-refractivity contribution in [3.05, 3.63) is 58.9 Å². The van der Waals surface area contributed by atoms with Crippen LogP contribution in [0.4, 0.5) is 0 Å². The fourth-order valence-corrected chi connectivity index (χ4v) is 3.59. The lowest BCUT2D eigenvalue weighted by Gasteiger charge is -2.28. The number of carbonyl (C=O) groups excluding carboxylic acids is 1. The minimum absolute atomic E-state index is 0.0190. The quantitative estimate of drug-likeness (QED) is 0.718. The highest BCUT2D eigenvalue weighted by Gasteiger charge is 2.28. The van der Waals surface area contributed by atoms with Gasteiger partial charge in [-0.05, 0) is 31.4 Å². The maximum absolute atomic E-state index is 12.0. The molecule has 0 spiro atoms. The average molecular weight is 338 g/mol. The lowest BCUT2D eigenvalue weighted by molar-refractivity contribution is 0.108. The highest BCUT2D eigenvalue weighted by Crippen LogP contribution is 2.41. The van der Waals surface area contributed by atoms with Gasteiger partial charge in [0.05, 0.1) is 5.52 Å². The lowest BCUT2D eigenvalue weighted by atomic mass is 9.93. The van der Waals surface area contributed by atoms with Gasteiger partial charge in [0.2, 0.25) is 5.12 Å². The van der Waals surface area contributed by atoms with Crippen LogP contribution in [0.15, 0.2) is 36.4 Å². The third-order valence-corrected chi connectivity index (χ3v) is 5.02. The van der Waals surface area contributed by atoms with Crippen LogP contribution in [0.1, 0.15) is 39.8 Å². The number of thiol groups is 1. The zero-order chi connectivity index (χ0) is 16.8. The SMILES string of the molecule is Cc1nc2c3c(c(C(=O)S)cc2n1C)CC[C@@H](c1ccccc1)O3. The van der Waals surface area contributed by atoms with Crippen molar-refractivity contribution in [2.75, 3.05) is 0 Å². The summed E-state index contributed by atoms with van der Waals surface area (Å²) in [5, 5.41) is -0.228. The van der Waals surface area contributed by atoms with Crippen molar-refractivity contribution in [1.82, 2.24) is 9.55 Å². The molecule has 4 rings (SSSR count). The van der Waals surface area contributed by atoms with Gasteiger partial charge in [-0.3, -0.25) is 4.79 Å². The average Bonchev–Trinajstić information content (AvgIpc) is 2.89. The summed E-state index contributed by atoms with van der Waals surface area (Å²) in [5.41, 5.74) is 4.41. The van der Waals surface area contributed by atoms with E-state index >= 15 is 0 Å². The van der Waals surface area contributed by atoms with E-state index in [9.17, 15) is 4.79 Å². The van der Waals surface area contributed by atoms with Crippen LogP contribution < -0.4 is 4.74 Å². The molecule has 1 atom stereocenters. The van der Waals surface area contributed by atoms with Gasteiger partial charge in [-0.15, -0.1) is 12.6 Å². The zero-order valence-electron chi connectivity index (χ0n) is 13.6. The van der Waals surface area contributed by atoms with Crippen LogP contribution in [-0.2, 0) is 13.5 Å². The molecule has 5 heteroatoms. The molecular weight excluding hydrogens is 320 g/mol. The Morgan fingerprint density at radius 3 is 2.79 bits per heavy atom. The molecule has 0 saturated carbocycles. The van der Waals surface area contributed by atoms with Gasteiger partial charge in [-0.25, -0.2) is 4.98 Å².